The van der Waals surface area contributed by atoms with Crippen LogP contribution in [0.25, 0.3) is 6.08 Å². The number of benzene rings is 2. The Morgan fingerprint density at radius 2 is 1.75 bits per heavy atom. The molecule has 0 fully saturated rings. The molecule has 1 aliphatic rings. The number of hydrogen-bond acceptors (Lipinski definition) is 8. The SMILES string of the molecule is COc1ccc([N+](=O)[O-])cc1/C=C1\N=C(c2ccc([N+](=O)[O-])cc2Cl)OC1=O. The Labute approximate surface area is 162 Å². The van der Waals surface area contributed by atoms with E-state index in [1.807, 2.05) is 0 Å². The number of carbonyl (C=O) groups excluding carboxylic acids is 1. The molecule has 142 valence electrons. The van der Waals surface area contributed by atoms with Crippen LogP contribution in [0, 0.1) is 20.2 Å². The molecule has 28 heavy (non-hydrogen) atoms. The first-order chi connectivity index (χ1) is 13.3. The molecule has 3 rings (SSSR count). The zero-order valence-corrected chi connectivity index (χ0v) is 14.9. The lowest BCUT2D eigenvalue weighted by atomic mass is 10.1. The van der Waals surface area contributed by atoms with Crippen LogP contribution in [-0.2, 0) is 9.53 Å². The average molecular weight is 404 g/mol. The zero-order chi connectivity index (χ0) is 20.4. The van der Waals surface area contributed by atoms with E-state index in [9.17, 15) is 25.0 Å². The molecule has 10 nitrogen and oxygen atoms in total. The maximum atomic E-state index is 12.1. The number of nitro groups is 2. The zero-order valence-electron chi connectivity index (χ0n) is 14.1. The Morgan fingerprint density at radius 3 is 2.36 bits per heavy atom. The third-order valence-corrected chi connectivity index (χ3v) is 4.04. The Balaban J connectivity index is 2.02. The molecule has 0 aromatic heterocycles. The minimum atomic E-state index is -0.807. The lowest BCUT2D eigenvalue weighted by Crippen LogP contribution is -2.06. The molecule has 0 unspecified atom stereocenters. The number of esters is 1. The van der Waals surface area contributed by atoms with Crippen molar-refractivity contribution in [2.45, 2.75) is 0 Å². The second-order valence-corrected chi connectivity index (χ2v) is 5.85. The second kappa shape index (κ2) is 7.45. The summed E-state index contributed by atoms with van der Waals surface area (Å²) in [7, 11) is 1.38. The third-order valence-electron chi connectivity index (χ3n) is 3.73. The lowest BCUT2D eigenvalue weighted by Gasteiger charge is -2.04. The third kappa shape index (κ3) is 3.67. The van der Waals surface area contributed by atoms with Crippen LogP contribution in [0.4, 0.5) is 11.4 Å². The molecule has 0 bridgehead atoms. The van der Waals surface area contributed by atoms with Crippen LogP contribution in [-0.4, -0.2) is 28.8 Å². The van der Waals surface area contributed by atoms with Gasteiger partial charge >= 0.3 is 5.97 Å². The van der Waals surface area contributed by atoms with Crippen LogP contribution < -0.4 is 4.74 Å². The lowest BCUT2D eigenvalue weighted by molar-refractivity contribution is -0.385. The molecule has 0 N–H and O–H groups in total. The van der Waals surface area contributed by atoms with Crippen molar-refractivity contribution in [3.63, 3.8) is 0 Å². The van der Waals surface area contributed by atoms with Gasteiger partial charge in [-0.05, 0) is 18.2 Å². The smallest absolute Gasteiger partial charge is 0.363 e. The standard InChI is InChI=1S/C17H10ClN3O7/c1-27-15-5-3-10(20(23)24)6-9(15)7-14-17(22)28-16(19-14)12-4-2-11(21(25)26)8-13(12)18/h2-8H,1H3/b14-7-. The van der Waals surface area contributed by atoms with Crippen molar-refractivity contribution in [3.8, 4) is 5.75 Å². The predicted octanol–water partition coefficient (Wildman–Crippen LogP) is 3.51. The van der Waals surface area contributed by atoms with Crippen molar-refractivity contribution in [1.82, 2.24) is 0 Å². The summed E-state index contributed by atoms with van der Waals surface area (Å²) in [5, 5.41) is 21.7. The van der Waals surface area contributed by atoms with Gasteiger partial charge in [-0.3, -0.25) is 20.2 Å². The van der Waals surface area contributed by atoms with Crippen LogP contribution >= 0.6 is 11.6 Å². The summed E-state index contributed by atoms with van der Waals surface area (Å²) in [4.78, 5) is 36.7. The Bertz CT molecular complexity index is 1080. The Morgan fingerprint density at radius 1 is 1.11 bits per heavy atom. The number of nitrogens with zero attached hydrogens (tertiary/aromatic N) is 3. The van der Waals surface area contributed by atoms with Gasteiger partial charge in [-0.1, -0.05) is 11.6 Å². The van der Waals surface area contributed by atoms with E-state index in [2.05, 4.69) is 4.99 Å². The van der Waals surface area contributed by atoms with E-state index in [1.54, 1.807) is 0 Å². The molecular formula is C17H10ClN3O7. The van der Waals surface area contributed by atoms with Crippen molar-refractivity contribution in [2.24, 2.45) is 4.99 Å². The first-order valence-corrected chi connectivity index (χ1v) is 7.97. The number of hydrogen-bond donors (Lipinski definition) is 0. The molecule has 2 aromatic rings. The van der Waals surface area contributed by atoms with E-state index in [1.165, 1.54) is 43.5 Å². The van der Waals surface area contributed by atoms with Crippen molar-refractivity contribution >= 4 is 40.9 Å². The van der Waals surface area contributed by atoms with E-state index < -0.39 is 15.8 Å². The maximum Gasteiger partial charge on any atom is 0.363 e. The van der Waals surface area contributed by atoms with E-state index in [4.69, 9.17) is 21.1 Å². The topological polar surface area (TPSA) is 134 Å². The summed E-state index contributed by atoms with van der Waals surface area (Å²) in [6.07, 6.45) is 1.28. The number of ether oxygens (including phenoxy) is 2. The molecule has 0 saturated heterocycles. The summed E-state index contributed by atoms with van der Waals surface area (Å²) in [6.45, 7) is 0. The average Bonchev–Trinajstić information content (AvgIpc) is 3.01. The molecule has 0 aliphatic carbocycles. The quantitative estimate of drug-likeness (QED) is 0.322. The molecule has 2 aromatic carbocycles. The second-order valence-electron chi connectivity index (χ2n) is 5.44. The van der Waals surface area contributed by atoms with Gasteiger partial charge in [0.25, 0.3) is 11.4 Å². The number of aliphatic imine (C=N–C) groups is 1. The summed E-state index contributed by atoms with van der Waals surface area (Å²) in [6, 6.07) is 7.50. The number of carbonyl (C=O) groups is 1. The van der Waals surface area contributed by atoms with Crippen LogP contribution in [0.2, 0.25) is 5.02 Å². The number of rotatable bonds is 5. The number of cyclic esters (lactones) is 1. The molecular weight excluding hydrogens is 394 g/mol. The normalized spacial score (nSPS) is 14.6. The first kappa shape index (κ1) is 19.0. The fraction of sp³-hybridized carbons (Fsp3) is 0.0588. The molecule has 0 spiro atoms. The summed E-state index contributed by atoms with van der Waals surface area (Å²) in [5.74, 6) is -0.651. The van der Waals surface area contributed by atoms with E-state index in [0.29, 0.717) is 5.75 Å². The van der Waals surface area contributed by atoms with Gasteiger partial charge < -0.3 is 9.47 Å². The van der Waals surface area contributed by atoms with Gasteiger partial charge in [0.2, 0.25) is 5.90 Å². The monoisotopic (exact) mass is 403 g/mol. The van der Waals surface area contributed by atoms with Crippen LogP contribution in [0.3, 0.4) is 0 Å². The van der Waals surface area contributed by atoms with Crippen molar-refractivity contribution < 1.29 is 24.1 Å². The highest BCUT2D eigenvalue weighted by Gasteiger charge is 2.27. The maximum absolute atomic E-state index is 12.1. The van der Waals surface area contributed by atoms with Gasteiger partial charge in [0.1, 0.15) is 5.75 Å². The number of nitro benzene ring substituents is 2. The highest BCUT2D eigenvalue weighted by atomic mass is 35.5. The van der Waals surface area contributed by atoms with Gasteiger partial charge in [-0.25, -0.2) is 9.79 Å². The minimum absolute atomic E-state index is 0.0186. The fourth-order valence-electron chi connectivity index (χ4n) is 2.41. The molecule has 11 heteroatoms. The van der Waals surface area contributed by atoms with E-state index >= 15 is 0 Å². The highest BCUT2D eigenvalue weighted by molar-refractivity contribution is 6.34. The van der Waals surface area contributed by atoms with Crippen LogP contribution in [0.15, 0.2) is 47.1 Å². The van der Waals surface area contributed by atoms with Gasteiger partial charge in [0.15, 0.2) is 5.70 Å². The van der Waals surface area contributed by atoms with Crippen molar-refractivity contribution in [2.75, 3.05) is 7.11 Å². The van der Waals surface area contributed by atoms with Gasteiger partial charge in [0.05, 0.1) is 27.5 Å². The van der Waals surface area contributed by atoms with Crippen molar-refractivity contribution in [3.05, 3.63) is 78.5 Å². The molecule has 0 atom stereocenters. The number of halogens is 1. The predicted molar refractivity (Wildman–Crippen MR) is 98.4 cm³/mol. The summed E-state index contributed by atoms with van der Waals surface area (Å²) < 4.78 is 10.2. The Hall–Kier alpha value is -3.79. The van der Waals surface area contributed by atoms with Gasteiger partial charge in [-0.15, -0.1) is 0 Å². The number of non-ortho nitro benzene ring substituents is 2. The van der Waals surface area contributed by atoms with Crippen LogP contribution in [0.5, 0.6) is 5.75 Å². The molecule has 0 saturated carbocycles. The highest BCUT2D eigenvalue weighted by Crippen LogP contribution is 2.30. The van der Waals surface area contributed by atoms with Crippen molar-refractivity contribution in [1.29, 1.82) is 0 Å². The first-order valence-electron chi connectivity index (χ1n) is 7.59. The molecule has 0 amide bonds. The Kier molecular flexibility index (Phi) is 5.05. The van der Waals surface area contributed by atoms with Gasteiger partial charge in [0, 0.05) is 29.8 Å². The fourth-order valence-corrected chi connectivity index (χ4v) is 2.67. The van der Waals surface area contributed by atoms with Gasteiger partial charge in [-0.2, -0.15) is 0 Å². The number of methoxy groups -OCH3 is 1. The molecule has 1 heterocycles. The molecule has 1 aliphatic heterocycles. The molecule has 0 radical (unpaired) electrons. The minimum Gasteiger partial charge on any atom is -0.496 e. The van der Waals surface area contributed by atoms with E-state index in [-0.39, 0.29) is 39.1 Å². The van der Waals surface area contributed by atoms with E-state index in [0.717, 1.165) is 6.07 Å². The largest absolute Gasteiger partial charge is 0.496 e. The van der Waals surface area contributed by atoms with Crippen LogP contribution in [0.1, 0.15) is 11.1 Å². The summed E-state index contributed by atoms with van der Waals surface area (Å²) >= 11 is 6.02. The summed E-state index contributed by atoms with van der Waals surface area (Å²) in [5.41, 5.74) is -0.112.